The molecule has 0 aliphatic carbocycles. The van der Waals surface area contributed by atoms with E-state index in [1.54, 1.807) is 0 Å². The van der Waals surface area contributed by atoms with E-state index in [9.17, 15) is 8.42 Å². The van der Waals surface area contributed by atoms with Crippen LogP contribution in [-0.2, 0) is 16.3 Å². The molecule has 2 atom stereocenters. The minimum absolute atomic E-state index is 0.144. The maximum Gasteiger partial charge on any atom is 0.231 e. The van der Waals surface area contributed by atoms with Gasteiger partial charge in [0.1, 0.15) is 0 Å². The first-order chi connectivity index (χ1) is 9.12. The third-order valence-electron chi connectivity index (χ3n) is 3.92. The van der Waals surface area contributed by atoms with Crippen LogP contribution >= 0.6 is 0 Å². The van der Waals surface area contributed by atoms with Crippen molar-refractivity contribution in [1.29, 1.82) is 0 Å². The van der Waals surface area contributed by atoms with E-state index in [2.05, 4.69) is 15.5 Å². The smallest absolute Gasteiger partial charge is 0.231 e. The van der Waals surface area contributed by atoms with Crippen LogP contribution in [0.2, 0.25) is 0 Å². The molecular formula is C12H19N3O3S. The number of nitrogens with one attached hydrogen (secondary N) is 1. The van der Waals surface area contributed by atoms with E-state index in [1.165, 1.54) is 0 Å². The van der Waals surface area contributed by atoms with Crippen LogP contribution < -0.4 is 5.32 Å². The first-order valence-corrected chi connectivity index (χ1v) is 8.68. The summed E-state index contributed by atoms with van der Waals surface area (Å²) in [6, 6.07) is 0. The standard InChI is InChI=1S/C12H19N3O3S/c16-19(17)5-1-2-9(8-19)6-11-14-12(18-15-11)10-3-4-13-7-10/h9-10,13H,1-8H2. The van der Waals surface area contributed by atoms with Gasteiger partial charge in [0.05, 0.1) is 17.4 Å². The Bertz CT molecular complexity index is 534. The second-order valence-electron chi connectivity index (χ2n) is 5.57. The van der Waals surface area contributed by atoms with Crippen molar-refractivity contribution in [1.82, 2.24) is 15.5 Å². The Morgan fingerprint density at radius 3 is 3.00 bits per heavy atom. The van der Waals surface area contributed by atoms with Gasteiger partial charge >= 0.3 is 0 Å². The number of hydrogen-bond acceptors (Lipinski definition) is 6. The number of aromatic nitrogens is 2. The Morgan fingerprint density at radius 1 is 1.37 bits per heavy atom. The molecule has 1 aromatic rings. The van der Waals surface area contributed by atoms with Gasteiger partial charge in [-0.25, -0.2) is 8.42 Å². The predicted molar refractivity (Wildman–Crippen MR) is 69.6 cm³/mol. The molecule has 0 spiro atoms. The zero-order valence-corrected chi connectivity index (χ0v) is 11.7. The zero-order valence-electron chi connectivity index (χ0n) is 10.8. The van der Waals surface area contributed by atoms with Crippen molar-refractivity contribution >= 4 is 9.84 Å². The van der Waals surface area contributed by atoms with Crippen LogP contribution in [0.15, 0.2) is 4.52 Å². The molecule has 2 unspecified atom stereocenters. The lowest BCUT2D eigenvalue weighted by atomic mass is 10.0. The van der Waals surface area contributed by atoms with Gasteiger partial charge in [-0.05, 0) is 31.7 Å². The van der Waals surface area contributed by atoms with Gasteiger partial charge in [0, 0.05) is 13.0 Å². The molecule has 6 nitrogen and oxygen atoms in total. The van der Waals surface area contributed by atoms with Crippen LogP contribution in [0.4, 0.5) is 0 Å². The second-order valence-corrected chi connectivity index (χ2v) is 7.79. The summed E-state index contributed by atoms with van der Waals surface area (Å²) in [5, 5.41) is 7.26. The normalized spacial score (nSPS) is 30.5. The SMILES string of the molecule is O=S1(=O)CCCC(Cc2noc(C3CCNC3)n2)C1. The maximum absolute atomic E-state index is 11.6. The number of rotatable bonds is 3. The van der Waals surface area contributed by atoms with Crippen molar-refractivity contribution in [2.75, 3.05) is 24.6 Å². The molecule has 0 aromatic carbocycles. The second kappa shape index (κ2) is 5.20. The first kappa shape index (κ1) is 13.1. The first-order valence-electron chi connectivity index (χ1n) is 6.86. The van der Waals surface area contributed by atoms with E-state index in [0.29, 0.717) is 29.8 Å². The van der Waals surface area contributed by atoms with Gasteiger partial charge < -0.3 is 9.84 Å². The van der Waals surface area contributed by atoms with Crippen molar-refractivity contribution in [3.8, 4) is 0 Å². The molecule has 0 saturated carbocycles. The highest BCUT2D eigenvalue weighted by Crippen LogP contribution is 2.24. The topological polar surface area (TPSA) is 85.1 Å². The molecule has 2 fully saturated rings. The highest BCUT2D eigenvalue weighted by Gasteiger charge is 2.27. The maximum atomic E-state index is 11.6. The number of hydrogen-bond donors (Lipinski definition) is 1. The molecule has 7 heteroatoms. The fraction of sp³-hybridized carbons (Fsp3) is 0.833. The van der Waals surface area contributed by atoms with Gasteiger partial charge in [0.25, 0.3) is 0 Å². The van der Waals surface area contributed by atoms with E-state index in [0.717, 1.165) is 32.4 Å². The van der Waals surface area contributed by atoms with Crippen LogP contribution in [0.1, 0.15) is 36.9 Å². The van der Waals surface area contributed by atoms with Gasteiger partial charge in [-0.1, -0.05) is 5.16 Å². The summed E-state index contributed by atoms with van der Waals surface area (Å²) < 4.78 is 28.5. The average Bonchev–Trinajstić information content (AvgIpc) is 2.96. The molecule has 106 valence electrons. The molecule has 3 rings (SSSR count). The van der Waals surface area contributed by atoms with Crippen LogP contribution in [0.25, 0.3) is 0 Å². The summed E-state index contributed by atoms with van der Waals surface area (Å²) >= 11 is 0. The molecule has 19 heavy (non-hydrogen) atoms. The van der Waals surface area contributed by atoms with Gasteiger partial charge in [-0.3, -0.25) is 0 Å². The van der Waals surface area contributed by atoms with Crippen LogP contribution in [0, 0.1) is 5.92 Å². The van der Waals surface area contributed by atoms with Crippen LogP contribution in [-0.4, -0.2) is 43.2 Å². The van der Waals surface area contributed by atoms with E-state index in [4.69, 9.17) is 4.52 Å². The van der Waals surface area contributed by atoms with E-state index >= 15 is 0 Å². The lowest BCUT2D eigenvalue weighted by Crippen LogP contribution is -2.26. The number of sulfone groups is 1. The molecule has 0 amide bonds. The Balaban J connectivity index is 1.63. The van der Waals surface area contributed by atoms with Crippen molar-refractivity contribution in [3.63, 3.8) is 0 Å². The Kier molecular flexibility index (Phi) is 3.58. The van der Waals surface area contributed by atoms with E-state index in [1.807, 2.05) is 0 Å². The van der Waals surface area contributed by atoms with Gasteiger partial charge in [-0.2, -0.15) is 4.98 Å². The monoisotopic (exact) mass is 285 g/mol. The van der Waals surface area contributed by atoms with E-state index in [-0.39, 0.29) is 11.7 Å². The van der Waals surface area contributed by atoms with Crippen molar-refractivity contribution in [2.45, 2.75) is 31.6 Å². The third-order valence-corrected chi connectivity index (χ3v) is 5.81. The summed E-state index contributed by atoms with van der Waals surface area (Å²) in [5.74, 6) is 2.40. The summed E-state index contributed by atoms with van der Waals surface area (Å²) in [4.78, 5) is 4.42. The molecule has 0 radical (unpaired) electrons. The summed E-state index contributed by atoms with van der Waals surface area (Å²) in [7, 11) is -2.86. The fourth-order valence-electron chi connectivity index (χ4n) is 2.92. The van der Waals surface area contributed by atoms with Crippen molar-refractivity contribution < 1.29 is 12.9 Å². The Labute approximate surface area is 112 Å². The molecule has 0 bridgehead atoms. The largest absolute Gasteiger partial charge is 0.339 e. The van der Waals surface area contributed by atoms with Crippen molar-refractivity contribution in [3.05, 3.63) is 11.7 Å². The van der Waals surface area contributed by atoms with E-state index < -0.39 is 9.84 Å². The molecule has 2 aliphatic heterocycles. The average molecular weight is 285 g/mol. The lowest BCUT2D eigenvalue weighted by Gasteiger charge is -2.20. The quantitative estimate of drug-likeness (QED) is 0.871. The highest BCUT2D eigenvalue weighted by atomic mass is 32.2. The van der Waals surface area contributed by atoms with Gasteiger partial charge in [0.2, 0.25) is 5.89 Å². The van der Waals surface area contributed by atoms with Crippen molar-refractivity contribution in [2.24, 2.45) is 5.92 Å². The fourth-order valence-corrected chi connectivity index (χ4v) is 4.69. The minimum Gasteiger partial charge on any atom is -0.339 e. The number of nitrogens with zero attached hydrogens (tertiary/aromatic N) is 2. The molecule has 3 heterocycles. The molecule has 1 N–H and O–H groups in total. The molecule has 2 aliphatic rings. The Hall–Kier alpha value is -0.950. The third kappa shape index (κ3) is 3.14. The van der Waals surface area contributed by atoms with Gasteiger partial charge in [0.15, 0.2) is 15.7 Å². The predicted octanol–water partition coefficient (Wildman–Crippen LogP) is 0.514. The summed E-state index contributed by atoms with van der Waals surface area (Å²) in [6.07, 6.45) is 3.33. The summed E-state index contributed by atoms with van der Waals surface area (Å²) in [6.45, 7) is 1.88. The summed E-state index contributed by atoms with van der Waals surface area (Å²) in [5.41, 5.74) is 0. The molecular weight excluding hydrogens is 266 g/mol. The molecule has 1 aromatic heterocycles. The lowest BCUT2D eigenvalue weighted by molar-refractivity contribution is 0.351. The molecule has 2 saturated heterocycles. The zero-order chi connectivity index (χ0) is 13.3. The minimum atomic E-state index is -2.86. The Morgan fingerprint density at radius 2 is 2.26 bits per heavy atom. The van der Waals surface area contributed by atoms with Gasteiger partial charge in [-0.15, -0.1) is 0 Å². The van der Waals surface area contributed by atoms with Crippen LogP contribution in [0.5, 0.6) is 0 Å². The highest BCUT2D eigenvalue weighted by molar-refractivity contribution is 7.91. The van der Waals surface area contributed by atoms with Crippen LogP contribution in [0.3, 0.4) is 0 Å².